The highest BCUT2D eigenvalue weighted by molar-refractivity contribution is 6.23. The van der Waals surface area contributed by atoms with Crippen LogP contribution in [0.5, 0.6) is 0 Å². The average Bonchev–Trinajstić information content (AvgIpc) is 2.82. The second-order valence-electron chi connectivity index (χ2n) is 7.74. The molecule has 8 nitrogen and oxygen atoms in total. The monoisotopic (exact) mass is 446 g/mol. The molecule has 4 aromatic carbocycles. The second kappa shape index (κ2) is 9.52. The third-order valence-electron chi connectivity index (χ3n) is 5.36. The Balaban J connectivity index is 1.31. The van der Waals surface area contributed by atoms with E-state index in [0.29, 0.717) is 0 Å². The summed E-state index contributed by atoms with van der Waals surface area (Å²) in [6, 6.07) is 18.5. The van der Waals surface area contributed by atoms with Crippen LogP contribution in [0.4, 0.5) is 0 Å². The number of hydrogen-bond donors (Lipinski definition) is 3. The molecule has 3 N–H and O–H groups in total. The highest BCUT2D eigenvalue weighted by Gasteiger charge is 2.12. The van der Waals surface area contributed by atoms with Gasteiger partial charge in [-0.1, -0.05) is 42.5 Å². The molecule has 0 unspecified atom stereocenters. The second-order valence-corrected chi connectivity index (χ2v) is 7.74. The van der Waals surface area contributed by atoms with Gasteiger partial charge in [0.25, 0.3) is 0 Å². The third-order valence-corrected chi connectivity index (χ3v) is 5.36. The van der Waals surface area contributed by atoms with E-state index in [1.807, 2.05) is 18.2 Å². The first-order valence-corrected chi connectivity index (χ1v) is 10.5. The van der Waals surface area contributed by atoms with Crippen molar-refractivity contribution < 1.29 is 29.0 Å². The molecular formula is C25H22N2O6. The lowest BCUT2D eigenvalue weighted by atomic mass is 9.93. The normalized spacial score (nSPS) is 11.0. The smallest absolute Gasteiger partial charge is 0.322 e. The van der Waals surface area contributed by atoms with Gasteiger partial charge in [-0.3, -0.25) is 19.2 Å². The van der Waals surface area contributed by atoms with E-state index in [1.165, 1.54) is 21.5 Å². The molecule has 0 aliphatic heterocycles. The van der Waals surface area contributed by atoms with E-state index >= 15 is 0 Å². The van der Waals surface area contributed by atoms with Crippen molar-refractivity contribution >= 4 is 56.1 Å². The number of carbonyl (C=O) groups excluding carboxylic acids is 3. The Morgan fingerprint density at radius 2 is 1.30 bits per heavy atom. The van der Waals surface area contributed by atoms with Crippen molar-refractivity contribution in [3.05, 3.63) is 60.2 Å². The Hall–Kier alpha value is -4.20. The zero-order chi connectivity index (χ0) is 23.4. The fourth-order valence-electron chi connectivity index (χ4n) is 3.86. The van der Waals surface area contributed by atoms with Crippen LogP contribution in [-0.2, 0) is 30.5 Å². The van der Waals surface area contributed by atoms with Crippen LogP contribution in [0.15, 0.2) is 54.6 Å². The number of benzene rings is 4. The van der Waals surface area contributed by atoms with Crippen molar-refractivity contribution in [2.45, 2.75) is 19.4 Å². The standard InChI is InChI=1S/C25H22N2O6/c28-20(26-12-21(29)27-13-22(30)31)8-9-23(32)33-14-15-10-18-6-4-16-2-1-3-17-5-7-19(11-15)25(18)24(16)17/h1-7,10-11H,8-9,12-14H2,(H,26,28)(H,27,29)(H,30,31). The van der Waals surface area contributed by atoms with Crippen molar-refractivity contribution in [3.63, 3.8) is 0 Å². The molecule has 8 heteroatoms. The molecule has 0 spiro atoms. The maximum Gasteiger partial charge on any atom is 0.322 e. The van der Waals surface area contributed by atoms with Crippen LogP contribution in [0, 0.1) is 0 Å². The average molecular weight is 446 g/mol. The zero-order valence-electron chi connectivity index (χ0n) is 17.7. The third kappa shape index (κ3) is 5.17. The van der Waals surface area contributed by atoms with Gasteiger partial charge in [0.2, 0.25) is 11.8 Å². The van der Waals surface area contributed by atoms with Crippen LogP contribution in [-0.4, -0.2) is 41.9 Å². The van der Waals surface area contributed by atoms with Crippen LogP contribution in [0.25, 0.3) is 32.3 Å². The van der Waals surface area contributed by atoms with Crippen molar-refractivity contribution in [1.29, 1.82) is 0 Å². The van der Waals surface area contributed by atoms with Crippen LogP contribution >= 0.6 is 0 Å². The van der Waals surface area contributed by atoms with Gasteiger partial charge in [-0.25, -0.2) is 0 Å². The van der Waals surface area contributed by atoms with Crippen molar-refractivity contribution in [2.24, 2.45) is 0 Å². The van der Waals surface area contributed by atoms with Gasteiger partial charge in [-0.05, 0) is 50.0 Å². The molecule has 0 bridgehead atoms. The highest BCUT2D eigenvalue weighted by Crippen LogP contribution is 2.35. The molecule has 4 aromatic rings. The Labute approximate surface area is 188 Å². The summed E-state index contributed by atoms with van der Waals surface area (Å²) >= 11 is 0. The number of carbonyl (C=O) groups is 4. The molecular weight excluding hydrogens is 424 g/mol. The van der Waals surface area contributed by atoms with Crippen LogP contribution in [0.3, 0.4) is 0 Å². The Kier molecular flexibility index (Phi) is 6.35. The lowest BCUT2D eigenvalue weighted by molar-refractivity contribution is -0.146. The molecule has 0 aliphatic rings. The van der Waals surface area contributed by atoms with E-state index in [0.717, 1.165) is 16.3 Å². The molecule has 168 valence electrons. The van der Waals surface area contributed by atoms with Gasteiger partial charge in [0.05, 0.1) is 13.0 Å². The lowest BCUT2D eigenvalue weighted by Crippen LogP contribution is -2.39. The Morgan fingerprint density at radius 1 is 0.727 bits per heavy atom. The zero-order valence-corrected chi connectivity index (χ0v) is 17.7. The van der Waals surface area contributed by atoms with Gasteiger partial charge in [0.1, 0.15) is 13.2 Å². The minimum absolute atomic E-state index is 0.0918. The summed E-state index contributed by atoms with van der Waals surface area (Å²) < 4.78 is 5.33. The molecule has 0 atom stereocenters. The van der Waals surface area contributed by atoms with Gasteiger partial charge in [-0.15, -0.1) is 0 Å². The number of aliphatic carboxylic acids is 1. The molecule has 0 radical (unpaired) electrons. The summed E-state index contributed by atoms with van der Waals surface area (Å²) in [5, 5.41) is 19.9. The molecule has 4 rings (SSSR count). The predicted molar refractivity (Wildman–Crippen MR) is 123 cm³/mol. The number of amides is 2. The fraction of sp³-hybridized carbons (Fsp3) is 0.200. The van der Waals surface area contributed by atoms with Gasteiger partial charge in [0, 0.05) is 6.42 Å². The first-order chi connectivity index (χ1) is 15.9. The number of nitrogens with one attached hydrogen (secondary N) is 2. The maximum absolute atomic E-state index is 12.1. The largest absolute Gasteiger partial charge is 0.480 e. The topological polar surface area (TPSA) is 122 Å². The molecule has 33 heavy (non-hydrogen) atoms. The van der Waals surface area contributed by atoms with Crippen LogP contribution < -0.4 is 10.6 Å². The summed E-state index contributed by atoms with van der Waals surface area (Å²) in [5.74, 6) is -2.82. The number of carboxylic acids is 1. The van der Waals surface area contributed by atoms with Crippen molar-refractivity contribution in [1.82, 2.24) is 10.6 Å². The van der Waals surface area contributed by atoms with Crippen molar-refractivity contribution in [2.75, 3.05) is 13.1 Å². The van der Waals surface area contributed by atoms with E-state index in [-0.39, 0.29) is 26.0 Å². The van der Waals surface area contributed by atoms with Crippen LogP contribution in [0.2, 0.25) is 0 Å². The van der Waals surface area contributed by atoms with Gasteiger partial charge >= 0.3 is 11.9 Å². The number of rotatable bonds is 9. The summed E-state index contributed by atoms with van der Waals surface area (Å²) in [5.41, 5.74) is 0.855. The Morgan fingerprint density at radius 3 is 1.94 bits per heavy atom. The predicted octanol–water partition coefficient (Wildman–Crippen LogP) is 2.72. The quantitative estimate of drug-likeness (QED) is 0.268. The molecule has 2 amide bonds. The van der Waals surface area contributed by atoms with Gasteiger partial charge in [-0.2, -0.15) is 0 Å². The van der Waals surface area contributed by atoms with Gasteiger partial charge in [0.15, 0.2) is 0 Å². The van der Waals surface area contributed by atoms with E-state index in [4.69, 9.17) is 9.84 Å². The van der Waals surface area contributed by atoms with E-state index in [1.54, 1.807) is 0 Å². The van der Waals surface area contributed by atoms with E-state index in [2.05, 4.69) is 47.0 Å². The molecule has 0 fully saturated rings. The lowest BCUT2D eigenvalue weighted by Gasteiger charge is -2.12. The number of hydrogen-bond acceptors (Lipinski definition) is 5. The number of carboxylic acid groups (broad SMARTS) is 1. The summed E-state index contributed by atoms with van der Waals surface area (Å²) in [6.45, 7) is -0.788. The SMILES string of the molecule is O=C(O)CNC(=O)CNC(=O)CCC(=O)OCc1cc2ccc3cccc4ccc(c1)c2c34. The van der Waals surface area contributed by atoms with Crippen molar-refractivity contribution in [3.8, 4) is 0 Å². The molecule has 0 saturated heterocycles. The first-order valence-electron chi connectivity index (χ1n) is 10.5. The minimum atomic E-state index is -1.18. The number of esters is 1. The minimum Gasteiger partial charge on any atom is -0.480 e. The molecule has 0 saturated carbocycles. The van der Waals surface area contributed by atoms with E-state index < -0.39 is 30.3 Å². The fourth-order valence-corrected chi connectivity index (χ4v) is 3.86. The summed E-state index contributed by atoms with van der Waals surface area (Å²) in [7, 11) is 0. The summed E-state index contributed by atoms with van der Waals surface area (Å²) in [4.78, 5) is 45.6. The molecule has 0 aliphatic carbocycles. The molecule has 0 aromatic heterocycles. The van der Waals surface area contributed by atoms with E-state index in [9.17, 15) is 19.2 Å². The van der Waals surface area contributed by atoms with Gasteiger partial charge < -0.3 is 20.5 Å². The first kappa shape index (κ1) is 22.0. The Bertz CT molecular complexity index is 1300. The summed E-state index contributed by atoms with van der Waals surface area (Å²) in [6.07, 6.45) is -0.261. The maximum atomic E-state index is 12.1. The van der Waals surface area contributed by atoms with Crippen LogP contribution in [0.1, 0.15) is 18.4 Å². The number of ether oxygens (including phenoxy) is 1. The molecule has 0 heterocycles. The highest BCUT2D eigenvalue weighted by atomic mass is 16.5.